The molecule has 3 aliphatic rings. The molecule has 1 heterocycles. The molecule has 2 aliphatic carbocycles. The molecule has 0 radical (unpaired) electrons. The van der Waals surface area contributed by atoms with Crippen molar-refractivity contribution in [2.24, 2.45) is 17.8 Å². The molecule has 6 nitrogen and oxygen atoms in total. The van der Waals surface area contributed by atoms with Crippen molar-refractivity contribution in [2.45, 2.75) is 30.8 Å². The average Bonchev–Trinajstić information content (AvgIpc) is 2.90. The minimum absolute atomic E-state index is 0.234. The summed E-state index contributed by atoms with van der Waals surface area (Å²) in [5, 5.41) is 8.42. The summed E-state index contributed by atoms with van der Waals surface area (Å²) in [5.41, 5.74) is 0.244. The number of fused-ring (bicyclic) bond motifs is 1. The summed E-state index contributed by atoms with van der Waals surface area (Å²) in [6, 6.07) is 2.04. The maximum absolute atomic E-state index is 11.9. The minimum atomic E-state index is -3.72. The van der Waals surface area contributed by atoms with Crippen molar-refractivity contribution in [2.75, 3.05) is 0 Å². The zero-order chi connectivity index (χ0) is 13.9. The molecule has 2 bridgehead atoms. The Morgan fingerprint density at radius 3 is 2.74 bits per heavy atom. The fraction of sp³-hybridized carbons (Fsp3) is 0.667. The highest BCUT2D eigenvalue weighted by molar-refractivity contribution is 7.87. The summed E-state index contributed by atoms with van der Waals surface area (Å²) in [7, 11) is -3.72. The van der Waals surface area contributed by atoms with Crippen LogP contribution in [0, 0.1) is 29.1 Å². The normalized spacial score (nSPS) is 44.8. The molecule has 6 unspecified atom stereocenters. The van der Waals surface area contributed by atoms with Gasteiger partial charge in [0.15, 0.2) is 0 Å². The van der Waals surface area contributed by atoms with E-state index in [2.05, 4.69) is 6.58 Å². The lowest BCUT2D eigenvalue weighted by Crippen LogP contribution is -2.42. The Morgan fingerprint density at radius 2 is 2.16 bits per heavy atom. The summed E-state index contributed by atoms with van der Waals surface area (Å²) in [5.74, 6) is -1.72. The first-order chi connectivity index (χ1) is 8.86. The predicted molar refractivity (Wildman–Crippen MR) is 63.0 cm³/mol. The lowest BCUT2D eigenvalue weighted by molar-refractivity contribution is -0.151. The summed E-state index contributed by atoms with van der Waals surface area (Å²) >= 11 is 0. The first-order valence-corrected chi connectivity index (χ1v) is 7.52. The van der Waals surface area contributed by atoms with Gasteiger partial charge in [-0.25, -0.2) is 4.79 Å². The van der Waals surface area contributed by atoms with Crippen molar-refractivity contribution >= 4 is 16.1 Å². The molecule has 1 aliphatic heterocycles. The zero-order valence-corrected chi connectivity index (χ0v) is 11.1. The zero-order valence-electron chi connectivity index (χ0n) is 10.3. The van der Waals surface area contributed by atoms with E-state index in [9.17, 15) is 18.5 Å². The maximum Gasteiger partial charge on any atom is 0.333 e. The fourth-order valence-corrected chi connectivity index (χ4v) is 5.54. The highest BCUT2D eigenvalue weighted by atomic mass is 32.2. The van der Waals surface area contributed by atoms with Crippen LogP contribution in [0.4, 0.5) is 0 Å². The lowest BCUT2D eigenvalue weighted by Gasteiger charge is -2.27. The molecule has 3 rings (SSSR count). The maximum atomic E-state index is 11.9. The Morgan fingerprint density at radius 1 is 1.47 bits per heavy atom. The van der Waals surface area contributed by atoms with Gasteiger partial charge in [-0.05, 0) is 13.3 Å². The molecular weight excluding hydrogens is 270 g/mol. The third-order valence-corrected chi connectivity index (χ3v) is 6.07. The Labute approximate surface area is 111 Å². The SMILES string of the molecule is C=C(C)C(=O)OC1C2CC3C1OS(=O)(=O)C3C2C#N. The van der Waals surface area contributed by atoms with Gasteiger partial charge in [0.2, 0.25) is 0 Å². The summed E-state index contributed by atoms with van der Waals surface area (Å²) < 4.78 is 34.1. The fourth-order valence-electron chi connectivity index (χ4n) is 3.54. The molecule has 2 saturated carbocycles. The first kappa shape index (κ1) is 12.6. The summed E-state index contributed by atoms with van der Waals surface area (Å²) in [4.78, 5) is 11.6. The van der Waals surface area contributed by atoms with Crippen LogP contribution < -0.4 is 0 Å². The van der Waals surface area contributed by atoms with Crippen molar-refractivity contribution in [3.05, 3.63) is 12.2 Å². The van der Waals surface area contributed by atoms with E-state index in [4.69, 9.17) is 8.92 Å². The second-order valence-electron chi connectivity index (χ2n) is 5.39. The highest BCUT2D eigenvalue weighted by Crippen LogP contribution is 2.58. The molecule has 0 aromatic rings. The molecule has 0 aromatic carbocycles. The molecular formula is C12H13NO5S. The van der Waals surface area contributed by atoms with Crippen LogP contribution in [0.3, 0.4) is 0 Å². The molecule has 1 saturated heterocycles. The van der Waals surface area contributed by atoms with Crippen molar-refractivity contribution in [1.29, 1.82) is 5.26 Å². The van der Waals surface area contributed by atoms with Gasteiger partial charge in [-0.2, -0.15) is 13.7 Å². The molecule has 0 amide bonds. The van der Waals surface area contributed by atoms with Crippen LogP contribution in [-0.2, 0) is 23.8 Å². The Hall–Kier alpha value is -1.39. The van der Waals surface area contributed by atoms with Gasteiger partial charge < -0.3 is 4.74 Å². The number of carbonyl (C=O) groups excluding carboxylic acids is 1. The highest BCUT2D eigenvalue weighted by Gasteiger charge is 2.70. The lowest BCUT2D eigenvalue weighted by atomic mass is 9.85. The second kappa shape index (κ2) is 3.81. The molecule has 19 heavy (non-hydrogen) atoms. The van der Waals surface area contributed by atoms with Gasteiger partial charge in [-0.3, -0.25) is 4.18 Å². The van der Waals surface area contributed by atoms with Gasteiger partial charge in [-0.15, -0.1) is 0 Å². The van der Waals surface area contributed by atoms with E-state index in [1.807, 2.05) is 6.07 Å². The van der Waals surface area contributed by atoms with Crippen molar-refractivity contribution in [1.82, 2.24) is 0 Å². The summed E-state index contributed by atoms with van der Waals surface area (Å²) in [6.45, 7) is 5.01. The van der Waals surface area contributed by atoms with Crippen molar-refractivity contribution < 1.29 is 22.1 Å². The molecule has 7 heteroatoms. The molecule has 6 atom stereocenters. The monoisotopic (exact) mass is 283 g/mol. The minimum Gasteiger partial charge on any atom is -0.456 e. The van der Waals surface area contributed by atoms with E-state index in [1.54, 1.807) is 0 Å². The van der Waals surface area contributed by atoms with Gasteiger partial charge in [0.05, 0.1) is 12.0 Å². The van der Waals surface area contributed by atoms with Crippen LogP contribution in [0.2, 0.25) is 0 Å². The third kappa shape index (κ3) is 1.56. The van der Waals surface area contributed by atoms with E-state index < -0.39 is 39.5 Å². The quantitative estimate of drug-likeness (QED) is 0.412. The number of carbonyl (C=O) groups is 1. The Bertz CT molecular complexity index is 604. The van der Waals surface area contributed by atoms with Crippen LogP contribution in [0.15, 0.2) is 12.2 Å². The number of nitriles is 1. The average molecular weight is 283 g/mol. The molecule has 0 N–H and O–H groups in total. The Kier molecular flexibility index (Phi) is 2.53. The van der Waals surface area contributed by atoms with E-state index in [1.165, 1.54) is 6.92 Å². The van der Waals surface area contributed by atoms with E-state index in [-0.39, 0.29) is 17.4 Å². The number of esters is 1. The standard InChI is InChI=1S/C12H13NO5S/c1-5(2)12(14)17-9-6-3-7-10(9)18-19(15,16)11(7)8(6)4-13/h6-11H,1,3H2,2H3. The van der Waals surface area contributed by atoms with Crippen LogP contribution in [-0.4, -0.2) is 31.8 Å². The van der Waals surface area contributed by atoms with Crippen LogP contribution >= 0.6 is 0 Å². The van der Waals surface area contributed by atoms with E-state index >= 15 is 0 Å². The van der Waals surface area contributed by atoms with Gasteiger partial charge in [0.25, 0.3) is 10.1 Å². The van der Waals surface area contributed by atoms with Gasteiger partial charge >= 0.3 is 5.97 Å². The van der Waals surface area contributed by atoms with Gasteiger partial charge in [0.1, 0.15) is 17.5 Å². The van der Waals surface area contributed by atoms with Crippen molar-refractivity contribution in [3.8, 4) is 6.07 Å². The van der Waals surface area contributed by atoms with E-state index in [0.29, 0.717) is 6.42 Å². The van der Waals surface area contributed by atoms with Crippen molar-refractivity contribution in [3.63, 3.8) is 0 Å². The molecule has 0 spiro atoms. The predicted octanol–water partition coefficient (Wildman–Crippen LogP) is 0.361. The molecule has 102 valence electrons. The molecule has 0 aromatic heterocycles. The van der Waals surface area contributed by atoms with Crippen LogP contribution in [0.25, 0.3) is 0 Å². The van der Waals surface area contributed by atoms with Gasteiger partial charge in [-0.1, -0.05) is 6.58 Å². The number of rotatable bonds is 2. The number of nitrogens with zero attached hydrogens (tertiary/aromatic N) is 1. The molecule has 3 fully saturated rings. The summed E-state index contributed by atoms with van der Waals surface area (Å²) in [6.07, 6.45) is -0.735. The Balaban J connectivity index is 1.93. The largest absolute Gasteiger partial charge is 0.456 e. The second-order valence-corrected chi connectivity index (χ2v) is 7.11. The van der Waals surface area contributed by atoms with E-state index in [0.717, 1.165) is 0 Å². The number of hydrogen-bond acceptors (Lipinski definition) is 6. The number of hydrogen-bond donors (Lipinski definition) is 0. The van der Waals surface area contributed by atoms with Gasteiger partial charge in [0, 0.05) is 17.4 Å². The number of ether oxygens (including phenoxy) is 1. The smallest absolute Gasteiger partial charge is 0.333 e. The topological polar surface area (TPSA) is 93.5 Å². The third-order valence-electron chi connectivity index (χ3n) is 4.27. The van der Waals surface area contributed by atoms with Crippen LogP contribution in [0.5, 0.6) is 0 Å². The van der Waals surface area contributed by atoms with Crippen LogP contribution in [0.1, 0.15) is 13.3 Å². The first-order valence-electron chi connectivity index (χ1n) is 6.05.